The number of pyridine rings is 1. The van der Waals surface area contributed by atoms with Gasteiger partial charge in [-0.15, -0.1) is 5.10 Å². The Bertz CT molecular complexity index is 1480. The Morgan fingerprint density at radius 2 is 1.89 bits per heavy atom. The monoisotopic (exact) mass is 501 g/mol. The Labute approximate surface area is 214 Å². The van der Waals surface area contributed by atoms with Crippen LogP contribution in [0.3, 0.4) is 0 Å². The van der Waals surface area contributed by atoms with Crippen molar-refractivity contribution in [3.8, 4) is 0 Å². The lowest BCUT2D eigenvalue weighted by atomic mass is 9.99. The zero-order valence-electron chi connectivity index (χ0n) is 21.2. The van der Waals surface area contributed by atoms with Gasteiger partial charge in [-0.1, -0.05) is 18.9 Å². The van der Waals surface area contributed by atoms with Gasteiger partial charge in [0.1, 0.15) is 6.04 Å². The average molecular weight is 502 g/mol. The summed E-state index contributed by atoms with van der Waals surface area (Å²) in [4.78, 5) is 33.6. The van der Waals surface area contributed by atoms with E-state index in [2.05, 4.69) is 38.4 Å². The molecule has 4 heterocycles. The molecule has 0 radical (unpaired) electrons. The van der Waals surface area contributed by atoms with Crippen LogP contribution in [0, 0.1) is 13.8 Å². The fraction of sp³-hybridized carbons (Fsp3) is 0.444. The van der Waals surface area contributed by atoms with Gasteiger partial charge in [-0.3, -0.25) is 14.5 Å². The summed E-state index contributed by atoms with van der Waals surface area (Å²) in [6, 6.07) is 9.35. The maximum Gasteiger partial charge on any atom is 0.289 e. The molecule has 192 valence electrons. The number of piperazine rings is 1. The van der Waals surface area contributed by atoms with Crippen molar-refractivity contribution in [3.63, 3.8) is 0 Å². The molecule has 1 aliphatic heterocycles. The number of tetrazole rings is 1. The molecule has 4 aromatic rings. The molecule has 0 unspecified atom stereocenters. The third-order valence-electron chi connectivity index (χ3n) is 7.77. The van der Waals surface area contributed by atoms with Crippen LogP contribution in [0.4, 0.5) is 0 Å². The van der Waals surface area contributed by atoms with Crippen molar-refractivity contribution in [2.75, 3.05) is 26.2 Å². The molecule has 1 aliphatic carbocycles. The van der Waals surface area contributed by atoms with Crippen LogP contribution < -0.4 is 5.56 Å². The molecular weight excluding hydrogens is 470 g/mol. The molecule has 1 N–H and O–H groups in total. The van der Waals surface area contributed by atoms with Crippen LogP contribution in [0.15, 0.2) is 45.8 Å². The van der Waals surface area contributed by atoms with Gasteiger partial charge in [-0.05, 0) is 72.5 Å². The third kappa shape index (κ3) is 4.35. The second kappa shape index (κ2) is 9.59. The smallest absolute Gasteiger partial charge is 0.289 e. The molecule has 1 amide bonds. The quantitative estimate of drug-likeness (QED) is 0.446. The van der Waals surface area contributed by atoms with Gasteiger partial charge < -0.3 is 14.3 Å². The SMILES string of the molecule is Cc1cc(C)c2cc([C@H](c3nnnn3C3CCCC3)N3CCN(C(=O)c4ccco4)CC3)c(=O)[nH]c2c1. The van der Waals surface area contributed by atoms with E-state index in [0.717, 1.165) is 47.7 Å². The first-order valence-electron chi connectivity index (χ1n) is 13.0. The standard InChI is InChI=1S/C27H31N7O3/c1-17-14-18(2)20-16-21(26(35)28-22(20)15-17)24(25-29-30-31-34(25)19-6-3-4-7-19)32-9-11-33(12-10-32)27(36)23-8-5-13-37-23/h5,8,13-16,19,24H,3-4,6-7,9-12H2,1-2H3,(H,28,35)/t24-/m1/s1. The average Bonchev–Trinajstić information content (AvgIpc) is 3.67. The van der Waals surface area contributed by atoms with Crippen molar-refractivity contribution in [1.82, 2.24) is 35.0 Å². The highest BCUT2D eigenvalue weighted by Gasteiger charge is 2.35. The summed E-state index contributed by atoms with van der Waals surface area (Å²) in [5.74, 6) is 0.908. The molecule has 37 heavy (non-hydrogen) atoms. The van der Waals surface area contributed by atoms with Crippen molar-refractivity contribution in [2.45, 2.75) is 51.6 Å². The van der Waals surface area contributed by atoms with Crippen LogP contribution in [0.2, 0.25) is 0 Å². The molecule has 2 fully saturated rings. The van der Waals surface area contributed by atoms with Crippen LogP contribution in [0.5, 0.6) is 0 Å². The number of aryl methyl sites for hydroxylation is 2. The summed E-state index contributed by atoms with van der Waals surface area (Å²) >= 11 is 0. The van der Waals surface area contributed by atoms with E-state index >= 15 is 0 Å². The van der Waals surface area contributed by atoms with Gasteiger partial charge in [-0.25, -0.2) is 4.68 Å². The minimum Gasteiger partial charge on any atom is -0.459 e. The zero-order valence-corrected chi connectivity index (χ0v) is 21.2. The minimum absolute atomic E-state index is 0.119. The van der Waals surface area contributed by atoms with E-state index in [0.29, 0.717) is 43.3 Å². The molecule has 10 nitrogen and oxygen atoms in total. The van der Waals surface area contributed by atoms with Crippen LogP contribution in [-0.4, -0.2) is 67.1 Å². The summed E-state index contributed by atoms with van der Waals surface area (Å²) in [6.45, 7) is 6.29. The van der Waals surface area contributed by atoms with Crippen molar-refractivity contribution >= 4 is 16.8 Å². The van der Waals surface area contributed by atoms with Crippen molar-refractivity contribution in [1.29, 1.82) is 0 Å². The summed E-state index contributed by atoms with van der Waals surface area (Å²) in [7, 11) is 0. The number of benzene rings is 1. The summed E-state index contributed by atoms with van der Waals surface area (Å²) in [5, 5.41) is 13.9. The van der Waals surface area contributed by atoms with Gasteiger partial charge in [0.05, 0.1) is 12.3 Å². The second-order valence-corrected chi connectivity index (χ2v) is 10.2. The highest BCUT2D eigenvalue weighted by Crippen LogP contribution is 2.34. The number of aromatic nitrogens is 5. The Morgan fingerprint density at radius 1 is 1.11 bits per heavy atom. The summed E-state index contributed by atoms with van der Waals surface area (Å²) in [5.41, 5.74) is 3.52. The number of carbonyl (C=O) groups is 1. The number of hydrogen-bond donors (Lipinski definition) is 1. The zero-order chi connectivity index (χ0) is 25.5. The predicted octanol–water partition coefficient (Wildman–Crippen LogP) is 3.39. The summed E-state index contributed by atoms with van der Waals surface area (Å²) < 4.78 is 7.25. The molecule has 3 aromatic heterocycles. The van der Waals surface area contributed by atoms with Crippen LogP contribution >= 0.6 is 0 Å². The largest absolute Gasteiger partial charge is 0.459 e. The lowest BCUT2D eigenvalue weighted by molar-refractivity contribution is 0.0557. The Morgan fingerprint density at radius 3 is 2.62 bits per heavy atom. The van der Waals surface area contributed by atoms with Crippen LogP contribution in [0.25, 0.3) is 10.9 Å². The van der Waals surface area contributed by atoms with Gasteiger partial charge in [0.2, 0.25) is 0 Å². The van der Waals surface area contributed by atoms with Gasteiger partial charge in [0.25, 0.3) is 11.5 Å². The second-order valence-electron chi connectivity index (χ2n) is 10.2. The molecule has 1 saturated heterocycles. The van der Waals surface area contributed by atoms with E-state index in [4.69, 9.17) is 4.42 Å². The minimum atomic E-state index is -0.426. The Balaban J connectivity index is 1.39. The molecule has 10 heteroatoms. The lowest BCUT2D eigenvalue weighted by Gasteiger charge is -2.38. The molecule has 2 aliphatic rings. The van der Waals surface area contributed by atoms with E-state index in [9.17, 15) is 9.59 Å². The number of fused-ring (bicyclic) bond motifs is 1. The van der Waals surface area contributed by atoms with Gasteiger partial charge in [0, 0.05) is 42.6 Å². The Kier molecular flexibility index (Phi) is 6.11. The normalized spacial score (nSPS) is 18.1. The van der Waals surface area contributed by atoms with E-state index < -0.39 is 6.04 Å². The van der Waals surface area contributed by atoms with Crippen molar-refractivity contribution in [2.24, 2.45) is 0 Å². The highest BCUT2D eigenvalue weighted by molar-refractivity contribution is 5.91. The number of nitrogens with zero attached hydrogens (tertiary/aromatic N) is 6. The molecule has 1 aromatic carbocycles. The van der Waals surface area contributed by atoms with E-state index in [1.807, 2.05) is 23.7 Å². The number of rotatable bonds is 5. The van der Waals surface area contributed by atoms with Gasteiger partial charge >= 0.3 is 0 Å². The lowest BCUT2D eigenvalue weighted by Crippen LogP contribution is -2.50. The third-order valence-corrected chi connectivity index (χ3v) is 7.77. The number of carbonyl (C=O) groups excluding carboxylic acids is 1. The maximum absolute atomic E-state index is 13.6. The molecule has 6 rings (SSSR count). The number of amides is 1. The number of nitrogens with one attached hydrogen (secondary N) is 1. The number of aromatic amines is 1. The van der Waals surface area contributed by atoms with Crippen molar-refractivity contribution in [3.05, 3.63) is 75.2 Å². The van der Waals surface area contributed by atoms with Crippen molar-refractivity contribution < 1.29 is 9.21 Å². The molecular formula is C27H31N7O3. The molecule has 0 spiro atoms. The number of H-pyrrole nitrogens is 1. The summed E-state index contributed by atoms with van der Waals surface area (Å²) in [6.07, 6.45) is 5.87. The molecule has 1 atom stereocenters. The van der Waals surface area contributed by atoms with Gasteiger partial charge in [0.15, 0.2) is 11.6 Å². The first-order valence-corrected chi connectivity index (χ1v) is 13.0. The van der Waals surface area contributed by atoms with E-state index in [-0.39, 0.29) is 17.5 Å². The fourth-order valence-electron chi connectivity index (χ4n) is 5.92. The maximum atomic E-state index is 13.6. The fourth-order valence-corrected chi connectivity index (χ4v) is 5.92. The molecule has 0 bridgehead atoms. The molecule has 1 saturated carbocycles. The Hall–Kier alpha value is -3.79. The van der Waals surface area contributed by atoms with Crippen LogP contribution in [0.1, 0.15) is 70.8 Å². The first-order chi connectivity index (χ1) is 18.0. The van der Waals surface area contributed by atoms with Gasteiger partial charge in [-0.2, -0.15) is 0 Å². The first kappa shape index (κ1) is 23.6. The van der Waals surface area contributed by atoms with Crippen LogP contribution in [-0.2, 0) is 0 Å². The number of furan rings is 1. The van der Waals surface area contributed by atoms with E-state index in [1.165, 1.54) is 6.26 Å². The topological polar surface area (TPSA) is 113 Å². The number of hydrogen-bond acceptors (Lipinski definition) is 7. The highest BCUT2D eigenvalue weighted by atomic mass is 16.3. The van der Waals surface area contributed by atoms with E-state index in [1.54, 1.807) is 17.0 Å². The predicted molar refractivity (Wildman–Crippen MR) is 137 cm³/mol.